The van der Waals surface area contributed by atoms with Gasteiger partial charge in [-0.2, -0.15) is 0 Å². The molecule has 0 aliphatic rings. The first-order chi connectivity index (χ1) is 19.1. The van der Waals surface area contributed by atoms with Gasteiger partial charge in [-0.1, -0.05) is 60.7 Å². The van der Waals surface area contributed by atoms with Crippen LogP contribution in [0.2, 0.25) is 0 Å². The van der Waals surface area contributed by atoms with E-state index in [9.17, 15) is 0 Å². The summed E-state index contributed by atoms with van der Waals surface area (Å²) < 4.78 is 25.2. The van der Waals surface area contributed by atoms with E-state index >= 15 is 0 Å². The van der Waals surface area contributed by atoms with Crippen LogP contribution < -0.4 is 18.9 Å². The van der Waals surface area contributed by atoms with E-state index in [1.54, 1.807) is 51.1 Å². The van der Waals surface area contributed by atoms with E-state index < -0.39 is 0 Å². The maximum absolute atomic E-state index is 5.89. The van der Waals surface area contributed by atoms with Crippen molar-refractivity contribution in [2.24, 2.45) is 0 Å². The number of methoxy groups -OCH3 is 4. The lowest BCUT2D eigenvalue weighted by Gasteiger charge is -2.15. The minimum Gasteiger partial charge on any atom is -0.496 e. The third kappa shape index (κ3) is 4.45. The summed E-state index contributed by atoms with van der Waals surface area (Å²) in [5.41, 5.74) is 5.71. The molecule has 2 heterocycles. The summed E-state index contributed by atoms with van der Waals surface area (Å²) in [6.45, 7) is 0. The lowest BCUT2D eigenvalue weighted by atomic mass is 10.00. The number of fused-ring (bicyclic) bond motifs is 2. The average molecular weight is 555 g/mol. The molecule has 0 radical (unpaired) electrons. The van der Waals surface area contributed by atoms with Crippen LogP contribution in [0.4, 0.5) is 0 Å². The van der Waals surface area contributed by atoms with E-state index in [0.717, 1.165) is 64.2 Å². The van der Waals surface area contributed by atoms with E-state index in [0.29, 0.717) is 17.9 Å². The summed E-state index contributed by atoms with van der Waals surface area (Å²) in [5, 5.41) is 1.84. The van der Waals surface area contributed by atoms with Gasteiger partial charge in [0.1, 0.15) is 33.0 Å². The Labute approximate surface area is 234 Å². The Kier molecular flexibility index (Phi) is 6.81. The molecule has 8 heteroatoms. The first kappa shape index (κ1) is 25.2. The molecule has 0 unspecified atom stereocenters. The van der Waals surface area contributed by atoms with Gasteiger partial charge < -0.3 is 18.9 Å². The van der Waals surface area contributed by atoms with Crippen molar-refractivity contribution in [3.05, 3.63) is 83.9 Å². The van der Waals surface area contributed by atoms with Crippen molar-refractivity contribution in [2.45, 2.75) is 6.42 Å². The Morgan fingerprint density at radius 3 is 1.28 bits per heavy atom. The third-order valence-corrected chi connectivity index (χ3v) is 8.91. The summed E-state index contributed by atoms with van der Waals surface area (Å²) in [5.74, 6) is 2.87. The second kappa shape index (κ2) is 10.6. The van der Waals surface area contributed by atoms with E-state index in [-0.39, 0.29) is 0 Å². The van der Waals surface area contributed by atoms with E-state index in [4.69, 9.17) is 28.9 Å². The predicted molar refractivity (Wildman–Crippen MR) is 159 cm³/mol. The van der Waals surface area contributed by atoms with Crippen molar-refractivity contribution < 1.29 is 18.9 Å². The van der Waals surface area contributed by atoms with Gasteiger partial charge in [-0.25, -0.2) is 9.97 Å². The van der Waals surface area contributed by atoms with Gasteiger partial charge in [0.05, 0.1) is 48.9 Å². The molecule has 0 aliphatic heterocycles. The molecular formula is C31H26N2O4S2. The minimum atomic E-state index is 0.503. The van der Waals surface area contributed by atoms with Crippen LogP contribution in [0, 0.1) is 0 Å². The molecule has 2 aromatic heterocycles. The van der Waals surface area contributed by atoms with Gasteiger partial charge in [0.15, 0.2) is 0 Å². The van der Waals surface area contributed by atoms with Crippen molar-refractivity contribution in [1.82, 2.24) is 9.97 Å². The third-order valence-electron chi connectivity index (χ3n) is 6.67. The molecular weight excluding hydrogens is 528 g/mol. The molecule has 0 aliphatic carbocycles. The summed E-state index contributed by atoms with van der Waals surface area (Å²) in [6, 6.07) is 24.2. The number of nitrogens with zero attached hydrogens (tertiary/aromatic N) is 2. The Morgan fingerprint density at radius 2 is 0.923 bits per heavy atom. The van der Waals surface area contributed by atoms with Gasteiger partial charge in [-0.05, 0) is 0 Å². The number of benzene rings is 4. The highest BCUT2D eigenvalue weighted by Crippen LogP contribution is 2.46. The highest BCUT2D eigenvalue weighted by molar-refractivity contribution is 7.22. The zero-order chi connectivity index (χ0) is 26.9. The van der Waals surface area contributed by atoms with Crippen molar-refractivity contribution in [3.63, 3.8) is 0 Å². The van der Waals surface area contributed by atoms with Gasteiger partial charge >= 0.3 is 0 Å². The van der Waals surface area contributed by atoms with Crippen molar-refractivity contribution in [3.8, 4) is 44.1 Å². The van der Waals surface area contributed by atoms with Crippen molar-refractivity contribution in [2.75, 3.05) is 28.4 Å². The molecule has 39 heavy (non-hydrogen) atoms. The fourth-order valence-corrected chi connectivity index (χ4v) is 6.94. The highest BCUT2D eigenvalue weighted by atomic mass is 32.1. The molecule has 0 fully saturated rings. The molecule has 4 aromatic carbocycles. The van der Waals surface area contributed by atoms with Crippen LogP contribution in [0.5, 0.6) is 23.0 Å². The normalized spacial score (nSPS) is 11.2. The number of rotatable bonds is 8. The van der Waals surface area contributed by atoms with Crippen LogP contribution in [-0.4, -0.2) is 38.4 Å². The molecule has 6 nitrogen and oxygen atoms in total. The summed E-state index contributed by atoms with van der Waals surface area (Å²) in [6.07, 6.45) is 0.503. The topological polar surface area (TPSA) is 62.7 Å². The monoisotopic (exact) mass is 554 g/mol. The molecule has 6 rings (SSSR count). The smallest absolute Gasteiger partial charge is 0.142 e. The van der Waals surface area contributed by atoms with Crippen LogP contribution in [-0.2, 0) is 6.42 Å². The second-order valence-electron chi connectivity index (χ2n) is 8.82. The Balaban J connectivity index is 1.58. The highest BCUT2D eigenvalue weighted by Gasteiger charge is 2.24. The molecule has 0 spiro atoms. The van der Waals surface area contributed by atoms with Crippen LogP contribution in [0.25, 0.3) is 41.6 Å². The molecule has 196 valence electrons. The molecule has 0 N–H and O–H groups in total. The lowest BCUT2D eigenvalue weighted by molar-refractivity contribution is 0.392. The SMILES string of the molecule is COc1cc(OC)c2sc(-c3ccccc3)nc2c1Cc1c(OC)cc(OC)c2sc(-c3ccccc3)nc12. The predicted octanol–water partition coefficient (Wildman–Crippen LogP) is 7.87. The van der Waals surface area contributed by atoms with Gasteiger partial charge in [-0.15, -0.1) is 22.7 Å². The quantitative estimate of drug-likeness (QED) is 0.191. The van der Waals surface area contributed by atoms with Crippen LogP contribution >= 0.6 is 22.7 Å². The molecule has 0 bridgehead atoms. The van der Waals surface area contributed by atoms with Gasteiger partial charge in [-0.3, -0.25) is 0 Å². The first-order valence-corrected chi connectivity index (χ1v) is 14.0. The lowest BCUT2D eigenvalue weighted by Crippen LogP contribution is -2.01. The molecule has 6 aromatic rings. The van der Waals surface area contributed by atoms with Gasteiger partial charge in [0.25, 0.3) is 0 Å². The Morgan fingerprint density at radius 1 is 0.538 bits per heavy atom. The van der Waals surface area contributed by atoms with Gasteiger partial charge in [0, 0.05) is 40.8 Å². The van der Waals surface area contributed by atoms with E-state index in [2.05, 4.69) is 24.3 Å². The number of aromatic nitrogens is 2. The van der Waals surface area contributed by atoms with Crippen LogP contribution in [0.1, 0.15) is 11.1 Å². The molecule has 0 saturated heterocycles. The summed E-state index contributed by atoms with van der Waals surface area (Å²) in [4.78, 5) is 10.2. The number of ether oxygens (including phenoxy) is 4. The van der Waals surface area contributed by atoms with Crippen molar-refractivity contribution >= 4 is 43.1 Å². The van der Waals surface area contributed by atoms with Crippen LogP contribution in [0.15, 0.2) is 72.8 Å². The molecule has 0 atom stereocenters. The van der Waals surface area contributed by atoms with E-state index in [1.165, 1.54) is 0 Å². The number of thiazole rings is 2. The zero-order valence-electron chi connectivity index (χ0n) is 22.0. The van der Waals surface area contributed by atoms with E-state index in [1.807, 2.05) is 48.5 Å². The van der Waals surface area contributed by atoms with Crippen LogP contribution in [0.3, 0.4) is 0 Å². The average Bonchev–Trinajstić information content (AvgIpc) is 3.64. The molecule has 0 amide bonds. The fourth-order valence-electron chi connectivity index (χ4n) is 4.75. The van der Waals surface area contributed by atoms with Crippen molar-refractivity contribution in [1.29, 1.82) is 0 Å². The largest absolute Gasteiger partial charge is 0.496 e. The Bertz CT molecular complexity index is 1650. The fraction of sp³-hybridized carbons (Fsp3) is 0.161. The summed E-state index contributed by atoms with van der Waals surface area (Å²) in [7, 11) is 6.69. The summed E-state index contributed by atoms with van der Waals surface area (Å²) >= 11 is 3.22. The zero-order valence-corrected chi connectivity index (χ0v) is 23.6. The Hall–Kier alpha value is -4.14. The maximum Gasteiger partial charge on any atom is 0.142 e. The number of hydrogen-bond acceptors (Lipinski definition) is 8. The first-order valence-electron chi connectivity index (χ1n) is 12.3. The second-order valence-corrected chi connectivity index (χ2v) is 10.8. The maximum atomic E-state index is 5.89. The number of hydrogen-bond donors (Lipinski definition) is 0. The van der Waals surface area contributed by atoms with Gasteiger partial charge in [0.2, 0.25) is 0 Å². The standard InChI is InChI=1S/C31H26N2O4S2/c1-34-22-16-24(36-3)28-26(32-30(38-28)18-11-7-5-8-12-18)20(22)15-21-23(35-2)17-25(37-4)29-27(21)33-31(39-29)19-13-9-6-10-14-19/h5-14,16-17H,15H2,1-4H3. The molecule has 0 saturated carbocycles. The minimum absolute atomic E-state index is 0.503.